The number of hydrogen-bond donors (Lipinski definition) is 0. The Balaban J connectivity index is 2.10. The second-order valence-corrected chi connectivity index (χ2v) is 3.66. The van der Waals surface area contributed by atoms with E-state index in [2.05, 4.69) is 11.8 Å². The Morgan fingerprint density at radius 1 is 0.941 bits per heavy atom. The number of para-hydroxylation sites is 1. The summed E-state index contributed by atoms with van der Waals surface area (Å²) in [7, 11) is 1.68. The highest BCUT2D eigenvalue weighted by atomic mass is 16.5. The predicted octanol–water partition coefficient (Wildman–Crippen LogP) is 3.29. The molecule has 0 radical (unpaired) electrons. The van der Waals surface area contributed by atoms with Gasteiger partial charge in [-0.25, -0.2) is 0 Å². The summed E-state index contributed by atoms with van der Waals surface area (Å²) >= 11 is 0. The van der Waals surface area contributed by atoms with Crippen molar-refractivity contribution < 1.29 is 4.74 Å². The van der Waals surface area contributed by atoms with Gasteiger partial charge >= 0.3 is 0 Å². The predicted molar refractivity (Wildman–Crippen MR) is 70.0 cm³/mol. The summed E-state index contributed by atoms with van der Waals surface area (Å²) in [6.07, 6.45) is 0.707. The molecule has 0 amide bonds. The summed E-state index contributed by atoms with van der Waals surface area (Å²) in [5, 5.41) is 0. The molecule has 0 unspecified atom stereocenters. The summed E-state index contributed by atoms with van der Waals surface area (Å²) < 4.78 is 5.28. The molecule has 0 spiro atoms. The molecule has 0 heterocycles. The zero-order valence-corrected chi connectivity index (χ0v) is 9.81. The number of methoxy groups -OCH3 is 1. The second kappa shape index (κ2) is 5.77. The molecular formula is C16H14O. The Morgan fingerprint density at radius 3 is 2.41 bits per heavy atom. The van der Waals surface area contributed by atoms with E-state index in [1.165, 1.54) is 0 Å². The van der Waals surface area contributed by atoms with Gasteiger partial charge in [0.2, 0.25) is 0 Å². The average molecular weight is 222 g/mol. The zero-order chi connectivity index (χ0) is 11.9. The van der Waals surface area contributed by atoms with E-state index in [1.807, 2.05) is 54.6 Å². The summed E-state index contributed by atoms with van der Waals surface area (Å²) in [5.41, 5.74) is 2.17. The van der Waals surface area contributed by atoms with Gasteiger partial charge in [0.25, 0.3) is 0 Å². The Labute approximate surface area is 102 Å². The normalized spacial score (nSPS) is 9.24. The Morgan fingerprint density at radius 2 is 1.65 bits per heavy atom. The molecule has 1 nitrogen and oxygen atoms in total. The fourth-order valence-corrected chi connectivity index (χ4v) is 1.61. The summed E-state index contributed by atoms with van der Waals surface area (Å²) in [5.74, 6) is 7.20. The molecule has 17 heavy (non-hydrogen) atoms. The van der Waals surface area contributed by atoms with E-state index in [0.29, 0.717) is 6.42 Å². The van der Waals surface area contributed by atoms with Gasteiger partial charge in [0.15, 0.2) is 0 Å². The lowest BCUT2D eigenvalue weighted by Crippen LogP contribution is -1.89. The number of benzene rings is 2. The molecule has 0 atom stereocenters. The van der Waals surface area contributed by atoms with E-state index in [1.54, 1.807) is 7.11 Å². The Kier molecular flexibility index (Phi) is 3.83. The van der Waals surface area contributed by atoms with Crippen LogP contribution in [0.3, 0.4) is 0 Å². The minimum Gasteiger partial charge on any atom is -0.496 e. The lowest BCUT2D eigenvalue weighted by Gasteiger charge is -2.03. The standard InChI is InChI=1S/C16H14O/c1-17-16-13-6-5-11-15(16)12-7-10-14-8-3-2-4-9-14/h2-6,8-9,11,13H,12H2,1H3. The third kappa shape index (κ3) is 3.12. The van der Waals surface area contributed by atoms with Crippen LogP contribution >= 0.6 is 0 Å². The molecular weight excluding hydrogens is 208 g/mol. The van der Waals surface area contributed by atoms with Gasteiger partial charge in [-0.3, -0.25) is 0 Å². The van der Waals surface area contributed by atoms with Gasteiger partial charge in [0.1, 0.15) is 5.75 Å². The highest BCUT2D eigenvalue weighted by Crippen LogP contribution is 2.17. The first-order valence-corrected chi connectivity index (χ1v) is 5.56. The molecule has 2 aromatic carbocycles. The van der Waals surface area contributed by atoms with E-state index in [-0.39, 0.29) is 0 Å². The molecule has 0 N–H and O–H groups in total. The van der Waals surface area contributed by atoms with Crippen molar-refractivity contribution >= 4 is 0 Å². The van der Waals surface area contributed by atoms with Crippen LogP contribution in [0.1, 0.15) is 11.1 Å². The van der Waals surface area contributed by atoms with E-state index in [9.17, 15) is 0 Å². The van der Waals surface area contributed by atoms with Gasteiger partial charge in [-0.2, -0.15) is 0 Å². The Bertz CT molecular complexity index is 532. The first kappa shape index (κ1) is 11.3. The van der Waals surface area contributed by atoms with Crippen LogP contribution in [0, 0.1) is 11.8 Å². The highest BCUT2D eigenvalue weighted by molar-refractivity contribution is 5.39. The zero-order valence-electron chi connectivity index (χ0n) is 9.81. The highest BCUT2D eigenvalue weighted by Gasteiger charge is 1.97. The van der Waals surface area contributed by atoms with Gasteiger partial charge < -0.3 is 4.74 Å². The average Bonchev–Trinajstić information content (AvgIpc) is 2.40. The molecule has 0 aromatic heterocycles. The summed E-state index contributed by atoms with van der Waals surface area (Å²) in [6, 6.07) is 18.0. The van der Waals surface area contributed by atoms with Crippen LogP contribution in [-0.4, -0.2) is 7.11 Å². The van der Waals surface area contributed by atoms with Crippen LogP contribution in [0.4, 0.5) is 0 Å². The Hall–Kier alpha value is -2.20. The minimum atomic E-state index is 0.707. The molecule has 0 bridgehead atoms. The minimum absolute atomic E-state index is 0.707. The molecule has 84 valence electrons. The van der Waals surface area contributed by atoms with Gasteiger partial charge in [-0.15, -0.1) is 0 Å². The molecule has 0 aliphatic rings. The number of ether oxygens (including phenoxy) is 1. The molecule has 1 heteroatoms. The fraction of sp³-hybridized carbons (Fsp3) is 0.125. The van der Waals surface area contributed by atoms with Crippen LogP contribution < -0.4 is 4.74 Å². The molecule has 0 aliphatic heterocycles. The lowest BCUT2D eigenvalue weighted by atomic mass is 10.1. The van der Waals surface area contributed by atoms with E-state index >= 15 is 0 Å². The molecule has 2 aromatic rings. The third-order valence-corrected chi connectivity index (χ3v) is 2.48. The van der Waals surface area contributed by atoms with E-state index < -0.39 is 0 Å². The van der Waals surface area contributed by atoms with Crippen LogP contribution in [0.2, 0.25) is 0 Å². The third-order valence-electron chi connectivity index (χ3n) is 2.48. The fourth-order valence-electron chi connectivity index (χ4n) is 1.61. The van der Waals surface area contributed by atoms with Crippen molar-refractivity contribution in [1.82, 2.24) is 0 Å². The maximum absolute atomic E-state index is 5.28. The molecule has 0 saturated heterocycles. The number of rotatable bonds is 2. The van der Waals surface area contributed by atoms with Gasteiger partial charge in [0, 0.05) is 17.5 Å². The van der Waals surface area contributed by atoms with Gasteiger partial charge in [0.05, 0.1) is 7.11 Å². The van der Waals surface area contributed by atoms with Crippen molar-refractivity contribution in [2.75, 3.05) is 7.11 Å². The van der Waals surface area contributed by atoms with Crippen LogP contribution in [0.5, 0.6) is 5.75 Å². The smallest absolute Gasteiger partial charge is 0.123 e. The van der Waals surface area contributed by atoms with Crippen molar-refractivity contribution in [3.05, 3.63) is 65.7 Å². The number of hydrogen-bond acceptors (Lipinski definition) is 1. The first-order chi connectivity index (χ1) is 8.40. The second-order valence-electron chi connectivity index (χ2n) is 3.66. The molecule has 2 rings (SSSR count). The lowest BCUT2D eigenvalue weighted by molar-refractivity contribution is 0.411. The maximum Gasteiger partial charge on any atom is 0.123 e. The maximum atomic E-state index is 5.28. The summed E-state index contributed by atoms with van der Waals surface area (Å²) in [4.78, 5) is 0. The van der Waals surface area contributed by atoms with Crippen molar-refractivity contribution in [2.24, 2.45) is 0 Å². The quantitative estimate of drug-likeness (QED) is 0.708. The van der Waals surface area contributed by atoms with Crippen molar-refractivity contribution in [2.45, 2.75) is 6.42 Å². The van der Waals surface area contributed by atoms with Crippen LogP contribution in [0.15, 0.2) is 54.6 Å². The van der Waals surface area contributed by atoms with Crippen molar-refractivity contribution in [3.63, 3.8) is 0 Å². The van der Waals surface area contributed by atoms with Gasteiger partial charge in [-0.1, -0.05) is 48.2 Å². The molecule has 0 saturated carbocycles. The van der Waals surface area contributed by atoms with Crippen LogP contribution in [-0.2, 0) is 6.42 Å². The summed E-state index contributed by atoms with van der Waals surface area (Å²) in [6.45, 7) is 0. The monoisotopic (exact) mass is 222 g/mol. The van der Waals surface area contributed by atoms with E-state index in [0.717, 1.165) is 16.9 Å². The van der Waals surface area contributed by atoms with E-state index in [4.69, 9.17) is 4.74 Å². The van der Waals surface area contributed by atoms with Gasteiger partial charge in [-0.05, 0) is 18.2 Å². The first-order valence-electron chi connectivity index (χ1n) is 5.56. The molecule has 0 aliphatic carbocycles. The van der Waals surface area contributed by atoms with Crippen molar-refractivity contribution in [3.8, 4) is 17.6 Å². The topological polar surface area (TPSA) is 9.23 Å². The SMILES string of the molecule is COc1ccccc1CC#Cc1ccccc1. The van der Waals surface area contributed by atoms with Crippen molar-refractivity contribution in [1.29, 1.82) is 0 Å². The largest absolute Gasteiger partial charge is 0.496 e. The van der Waals surface area contributed by atoms with Crippen LogP contribution in [0.25, 0.3) is 0 Å². The molecule has 0 fully saturated rings.